The molecule has 50 heavy (non-hydrogen) atoms. The van der Waals surface area contributed by atoms with Crippen LogP contribution in [0, 0.1) is 11.6 Å². The van der Waals surface area contributed by atoms with Crippen molar-refractivity contribution in [2.75, 3.05) is 7.11 Å². The Hall–Kier alpha value is -4.33. The lowest BCUT2D eigenvalue weighted by atomic mass is 9.98. The Labute approximate surface area is 305 Å². The monoisotopic (exact) mass is 778 g/mol. The molecule has 2 amide bonds. The first-order valence-electron chi connectivity index (χ1n) is 15.4. The second-order valence-corrected chi connectivity index (χ2v) is 14.9. The fourth-order valence-electron chi connectivity index (χ4n) is 5.04. The minimum absolute atomic E-state index is 0.0672. The summed E-state index contributed by atoms with van der Waals surface area (Å²) < 4.78 is 30.9. The van der Waals surface area contributed by atoms with E-state index in [1.807, 2.05) is 45.0 Å². The van der Waals surface area contributed by atoms with Gasteiger partial charge in [-0.1, -0.05) is 88.0 Å². The van der Waals surface area contributed by atoms with Gasteiger partial charge in [0.2, 0.25) is 11.8 Å². The average molecular weight is 780 g/mol. The van der Waals surface area contributed by atoms with Crippen LogP contribution in [-0.4, -0.2) is 35.2 Å². The maximum absolute atomic E-state index is 13.1. The molecule has 13 heteroatoms. The van der Waals surface area contributed by atoms with Gasteiger partial charge in [0.05, 0.1) is 24.8 Å². The number of hydrogen-bond donors (Lipinski definition) is 2. The van der Waals surface area contributed by atoms with Crippen LogP contribution in [0.3, 0.4) is 0 Å². The number of aliphatic imine (C=N–C) groups is 2. The predicted molar refractivity (Wildman–Crippen MR) is 198 cm³/mol. The summed E-state index contributed by atoms with van der Waals surface area (Å²) in [4.78, 5) is 45.4. The van der Waals surface area contributed by atoms with Gasteiger partial charge in [-0.05, 0) is 91.6 Å². The smallest absolute Gasteiger partial charge is 0.337 e. The van der Waals surface area contributed by atoms with Crippen molar-refractivity contribution in [2.45, 2.75) is 42.9 Å². The van der Waals surface area contributed by atoms with Crippen molar-refractivity contribution in [1.82, 2.24) is 10.6 Å². The van der Waals surface area contributed by atoms with Crippen LogP contribution in [0.1, 0.15) is 70.7 Å². The van der Waals surface area contributed by atoms with Crippen LogP contribution in [0.4, 0.5) is 8.78 Å². The van der Waals surface area contributed by atoms with Gasteiger partial charge in [-0.2, -0.15) is 0 Å². The Morgan fingerprint density at radius 3 is 1.84 bits per heavy atom. The van der Waals surface area contributed by atoms with Gasteiger partial charge in [-0.15, -0.1) is 0 Å². The number of hydrogen-bond acceptors (Lipinski definition) is 8. The minimum Gasteiger partial charge on any atom is -0.465 e. The maximum Gasteiger partial charge on any atom is 0.337 e. The molecule has 0 bridgehead atoms. The summed E-state index contributed by atoms with van der Waals surface area (Å²) in [5.41, 5.74) is 3.88. The van der Waals surface area contributed by atoms with Crippen LogP contribution >= 0.6 is 39.5 Å². The van der Waals surface area contributed by atoms with E-state index in [1.54, 1.807) is 48.5 Å². The first kappa shape index (κ1) is 36.9. The average Bonchev–Trinajstić information content (AvgIpc) is 3.62. The third kappa shape index (κ3) is 8.87. The number of carbonyl (C=O) groups is 3. The van der Waals surface area contributed by atoms with Crippen molar-refractivity contribution in [3.63, 3.8) is 0 Å². The summed E-state index contributed by atoms with van der Waals surface area (Å²) in [5.74, 6) is -1.24. The van der Waals surface area contributed by atoms with Gasteiger partial charge in [-0.3, -0.25) is 19.6 Å². The SMILES string of the molecule is COC(=O)c1ccc(C2(C)SC(=N[C@@H](C)c3ccc(F)cc3)NC2=O)cc1.C[C@H](N=C1NC(=O)C(c2ccc(Br)cc2)S1)c1ccc(F)cc1. The molecule has 2 aliphatic rings. The minimum atomic E-state index is -0.851. The number of methoxy groups -OCH3 is 1. The quantitative estimate of drug-likeness (QED) is 0.183. The van der Waals surface area contributed by atoms with Gasteiger partial charge in [0.1, 0.15) is 21.6 Å². The molecule has 2 heterocycles. The number of rotatable bonds is 7. The van der Waals surface area contributed by atoms with Crippen LogP contribution in [0.25, 0.3) is 0 Å². The number of benzene rings is 4. The first-order chi connectivity index (χ1) is 23.9. The first-order valence-corrected chi connectivity index (χ1v) is 17.9. The fourth-order valence-corrected chi connectivity index (χ4v) is 7.51. The molecule has 4 aromatic carbocycles. The van der Waals surface area contributed by atoms with Crippen LogP contribution in [0.5, 0.6) is 0 Å². The van der Waals surface area contributed by atoms with Gasteiger partial charge in [0, 0.05) is 4.47 Å². The second kappa shape index (κ2) is 16.1. The normalized spacial score (nSPS) is 21.2. The molecule has 2 aliphatic heterocycles. The standard InChI is InChI=1S/C20H19FN2O3S.C17H14BrFN2OS/c1-12(13-6-10-16(21)11-7-13)22-19-23-18(25)20(2,27-19)15-8-4-14(5-9-15)17(24)26-3;1-10(11-4-8-14(19)9-5-11)20-17-21-16(22)15(23-17)12-2-6-13(18)7-3-12/h4-12H,1-3H3,(H,22,23,25);2-10,15H,1H3,(H,20,21,22)/t12-,20?;10-,15?/m00/s1. The van der Waals surface area contributed by atoms with E-state index in [1.165, 1.54) is 54.9 Å². The van der Waals surface area contributed by atoms with Crippen LogP contribution in [0.2, 0.25) is 0 Å². The highest BCUT2D eigenvalue weighted by molar-refractivity contribution is 9.10. The van der Waals surface area contributed by atoms with E-state index in [0.29, 0.717) is 15.9 Å². The Bertz CT molecular complexity index is 1930. The molecule has 0 aliphatic carbocycles. The maximum atomic E-state index is 13.1. The van der Waals surface area contributed by atoms with Crippen molar-refractivity contribution in [3.8, 4) is 0 Å². The number of amidine groups is 2. The highest BCUT2D eigenvalue weighted by atomic mass is 79.9. The molecular weight excluding hydrogens is 746 g/mol. The zero-order valence-electron chi connectivity index (χ0n) is 27.4. The highest BCUT2D eigenvalue weighted by Gasteiger charge is 2.44. The van der Waals surface area contributed by atoms with Crippen LogP contribution < -0.4 is 10.6 Å². The van der Waals surface area contributed by atoms with E-state index in [4.69, 9.17) is 4.74 Å². The Morgan fingerprint density at radius 2 is 1.32 bits per heavy atom. The molecule has 6 rings (SSSR count). The van der Waals surface area contributed by atoms with Gasteiger partial charge in [0.25, 0.3) is 0 Å². The lowest BCUT2D eigenvalue weighted by Crippen LogP contribution is -2.31. The predicted octanol–water partition coefficient (Wildman–Crippen LogP) is 8.42. The summed E-state index contributed by atoms with van der Waals surface area (Å²) in [6.45, 7) is 5.61. The number of thioether (sulfide) groups is 2. The molecule has 2 N–H and O–H groups in total. The Kier molecular flexibility index (Phi) is 11.9. The van der Waals surface area contributed by atoms with Crippen molar-refractivity contribution in [2.24, 2.45) is 9.98 Å². The number of amides is 2. The number of esters is 1. The van der Waals surface area contributed by atoms with Crippen molar-refractivity contribution in [1.29, 1.82) is 0 Å². The van der Waals surface area contributed by atoms with Crippen molar-refractivity contribution >= 4 is 67.6 Å². The number of nitrogens with zero attached hydrogens (tertiary/aromatic N) is 2. The molecule has 0 saturated carbocycles. The molecule has 8 nitrogen and oxygen atoms in total. The number of ether oxygens (including phenoxy) is 1. The van der Waals surface area contributed by atoms with Gasteiger partial charge >= 0.3 is 5.97 Å². The number of nitrogens with one attached hydrogen (secondary N) is 2. The van der Waals surface area contributed by atoms with Crippen LogP contribution in [-0.2, 0) is 19.1 Å². The molecule has 0 spiro atoms. The summed E-state index contributed by atoms with van der Waals surface area (Å²) in [5, 5.41) is 6.45. The van der Waals surface area contributed by atoms with E-state index < -0.39 is 10.7 Å². The summed E-state index contributed by atoms with van der Waals surface area (Å²) in [6, 6.07) is 26.4. The zero-order chi connectivity index (χ0) is 36.0. The third-order valence-corrected chi connectivity index (χ3v) is 10.9. The summed E-state index contributed by atoms with van der Waals surface area (Å²) in [7, 11) is 1.32. The summed E-state index contributed by atoms with van der Waals surface area (Å²) >= 11 is 6.11. The number of halogens is 3. The zero-order valence-corrected chi connectivity index (χ0v) is 30.7. The molecule has 4 aromatic rings. The van der Waals surface area contributed by atoms with Gasteiger partial charge < -0.3 is 15.4 Å². The fraction of sp³-hybridized carbons (Fsp3) is 0.216. The Balaban J connectivity index is 0.000000197. The molecule has 0 aromatic heterocycles. The van der Waals surface area contributed by atoms with Crippen LogP contribution in [0.15, 0.2) is 112 Å². The highest BCUT2D eigenvalue weighted by Crippen LogP contribution is 2.42. The van der Waals surface area contributed by atoms with E-state index in [2.05, 4.69) is 36.5 Å². The largest absolute Gasteiger partial charge is 0.465 e. The molecule has 0 radical (unpaired) electrons. The molecule has 4 atom stereocenters. The Morgan fingerprint density at radius 1 is 0.800 bits per heavy atom. The van der Waals surface area contributed by atoms with E-state index in [9.17, 15) is 23.2 Å². The topological polar surface area (TPSA) is 109 Å². The van der Waals surface area contributed by atoms with Gasteiger partial charge in [-0.25, -0.2) is 13.6 Å². The van der Waals surface area contributed by atoms with E-state index in [-0.39, 0.29) is 40.8 Å². The molecular formula is C37H33BrF2N4O4S2. The number of carbonyl (C=O) groups excluding carboxylic acids is 3. The molecule has 2 fully saturated rings. The second-order valence-electron chi connectivity index (χ2n) is 11.5. The molecule has 2 unspecified atom stereocenters. The lowest BCUT2D eigenvalue weighted by Gasteiger charge is -2.19. The van der Waals surface area contributed by atoms with E-state index >= 15 is 0 Å². The summed E-state index contributed by atoms with van der Waals surface area (Å²) in [6.07, 6.45) is 0. The molecule has 258 valence electrons. The molecule has 2 saturated heterocycles. The van der Waals surface area contributed by atoms with Gasteiger partial charge in [0.15, 0.2) is 10.3 Å². The van der Waals surface area contributed by atoms with Crippen molar-refractivity contribution in [3.05, 3.63) is 141 Å². The van der Waals surface area contributed by atoms with Crippen molar-refractivity contribution < 1.29 is 27.9 Å². The third-order valence-electron chi connectivity index (χ3n) is 8.01. The lowest BCUT2D eigenvalue weighted by molar-refractivity contribution is -0.121. The van der Waals surface area contributed by atoms with E-state index in [0.717, 1.165) is 26.7 Å².